The smallest absolute Gasteiger partial charge is 0.149 e. The van der Waals surface area contributed by atoms with E-state index in [-0.39, 0.29) is 11.5 Å². The van der Waals surface area contributed by atoms with E-state index in [0.29, 0.717) is 5.92 Å². The van der Waals surface area contributed by atoms with E-state index in [1.165, 1.54) is 39.0 Å². The highest BCUT2D eigenvalue weighted by Gasteiger charge is 2.46. The van der Waals surface area contributed by atoms with E-state index in [1.54, 1.807) is 0 Å². The Morgan fingerprint density at radius 1 is 0.745 bits per heavy atom. The molecule has 3 aliphatic rings. The van der Waals surface area contributed by atoms with E-state index in [9.17, 15) is 0 Å². The fourth-order valence-electron chi connectivity index (χ4n) is 7.78. The van der Waals surface area contributed by atoms with Crippen LogP contribution in [-0.2, 0) is 11.8 Å². The molecule has 3 heteroatoms. The summed E-state index contributed by atoms with van der Waals surface area (Å²) in [5, 5.41) is 1.25. The molecule has 2 aliphatic carbocycles. The van der Waals surface area contributed by atoms with Gasteiger partial charge in [0.15, 0.2) is 0 Å². The van der Waals surface area contributed by atoms with Crippen LogP contribution in [0.4, 0.5) is 17.1 Å². The highest BCUT2D eigenvalue weighted by Crippen LogP contribution is 2.56. The van der Waals surface area contributed by atoms with E-state index in [2.05, 4.69) is 181 Å². The molecule has 3 atom stereocenters. The number of para-hydroxylation sites is 2. The lowest BCUT2D eigenvalue weighted by Gasteiger charge is -2.30. The maximum Gasteiger partial charge on any atom is 0.149 e. The van der Waals surface area contributed by atoms with Crippen LogP contribution in [0, 0.1) is 5.92 Å². The first-order valence-corrected chi connectivity index (χ1v) is 16.6. The molecule has 9 rings (SSSR count). The summed E-state index contributed by atoms with van der Waals surface area (Å²) in [6.45, 7) is 4.63. The molecule has 3 unspecified atom stereocenters. The average Bonchev–Trinajstić information content (AvgIpc) is 3.62. The van der Waals surface area contributed by atoms with Gasteiger partial charge in [0.1, 0.15) is 11.9 Å². The zero-order chi connectivity index (χ0) is 31.5. The highest BCUT2D eigenvalue weighted by atomic mass is 16.5. The van der Waals surface area contributed by atoms with Crippen molar-refractivity contribution in [1.82, 2.24) is 4.57 Å². The second kappa shape index (κ2) is 10.8. The Morgan fingerprint density at radius 3 is 2.15 bits per heavy atom. The summed E-state index contributed by atoms with van der Waals surface area (Å²) in [6, 6.07) is 43.6. The van der Waals surface area contributed by atoms with Gasteiger partial charge in [0, 0.05) is 33.7 Å². The van der Waals surface area contributed by atoms with Crippen LogP contribution in [-0.4, -0.2) is 10.7 Å². The molecule has 2 heterocycles. The van der Waals surface area contributed by atoms with Gasteiger partial charge in [-0.1, -0.05) is 110 Å². The molecule has 6 aromatic rings. The second-order valence-electron chi connectivity index (χ2n) is 13.2. The third kappa shape index (κ3) is 4.34. The monoisotopic (exact) mass is 608 g/mol. The molecular weight excluding hydrogens is 572 g/mol. The lowest BCUT2D eigenvalue weighted by molar-refractivity contribution is 0.229. The van der Waals surface area contributed by atoms with E-state index in [1.807, 2.05) is 0 Å². The van der Waals surface area contributed by atoms with Crippen LogP contribution in [0.3, 0.4) is 0 Å². The Balaban J connectivity index is 1.38. The van der Waals surface area contributed by atoms with E-state index < -0.39 is 0 Å². The van der Waals surface area contributed by atoms with Crippen molar-refractivity contribution >= 4 is 34.0 Å². The van der Waals surface area contributed by atoms with Crippen LogP contribution in [0.25, 0.3) is 33.8 Å². The van der Waals surface area contributed by atoms with Crippen molar-refractivity contribution in [3.05, 3.63) is 169 Å². The van der Waals surface area contributed by atoms with E-state index in [4.69, 9.17) is 4.74 Å². The molecule has 0 saturated heterocycles. The summed E-state index contributed by atoms with van der Waals surface area (Å²) < 4.78 is 9.45. The maximum absolute atomic E-state index is 7.00. The van der Waals surface area contributed by atoms with Crippen molar-refractivity contribution in [2.45, 2.75) is 31.8 Å². The van der Waals surface area contributed by atoms with Gasteiger partial charge in [0.2, 0.25) is 0 Å². The molecular formula is C44H36N2O. The van der Waals surface area contributed by atoms with Gasteiger partial charge < -0.3 is 14.2 Å². The molecule has 0 N–H and O–H groups in total. The standard InChI is InChI=1S/C44H36N2O/c1-30-21-26-38-36(28-30)41-39(45(33-16-8-4-9-17-33)35-24-22-32(23-25-35)31-14-6-3-7-15-31)29-37-43(47-40-20-12-13-27-44(37,40)2)42(41)46(38)34-18-10-5-11-19-34/h3-27,29-30,40H,28H2,1-2H3. The summed E-state index contributed by atoms with van der Waals surface area (Å²) in [4.78, 5) is 2.45. The normalized spacial score (nSPS) is 20.5. The number of anilines is 3. The Labute approximate surface area is 276 Å². The lowest BCUT2D eigenvalue weighted by Crippen LogP contribution is -2.32. The number of aromatic nitrogens is 1. The van der Waals surface area contributed by atoms with Crippen molar-refractivity contribution in [3.63, 3.8) is 0 Å². The zero-order valence-electron chi connectivity index (χ0n) is 26.7. The van der Waals surface area contributed by atoms with Crippen LogP contribution in [0.15, 0.2) is 152 Å². The SMILES string of the molecule is CC1C=Cc2c(c3c(N(c4ccccc4)c4ccc(-c5ccccc5)cc4)cc4c(c3n2-c2ccccc2)OC2C=CC=CC42C)C1. The molecule has 0 spiro atoms. The third-order valence-corrected chi connectivity index (χ3v) is 10.2. The average molecular weight is 609 g/mol. The van der Waals surface area contributed by atoms with E-state index in [0.717, 1.165) is 34.7 Å². The zero-order valence-corrected chi connectivity index (χ0v) is 26.7. The molecule has 0 saturated carbocycles. The fourth-order valence-corrected chi connectivity index (χ4v) is 7.78. The van der Waals surface area contributed by atoms with Crippen LogP contribution < -0.4 is 9.64 Å². The van der Waals surface area contributed by atoms with Crippen LogP contribution in [0.2, 0.25) is 0 Å². The number of nitrogens with zero attached hydrogens (tertiary/aromatic N) is 2. The van der Waals surface area contributed by atoms with Crippen LogP contribution in [0.1, 0.15) is 30.7 Å². The second-order valence-corrected chi connectivity index (χ2v) is 13.2. The number of allylic oxidation sites excluding steroid dienone is 3. The van der Waals surface area contributed by atoms with E-state index >= 15 is 0 Å². The molecule has 0 radical (unpaired) electrons. The minimum atomic E-state index is -0.290. The quantitative estimate of drug-likeness (QED) is 0.194. The largest absolute Gasteiger partial charge is 0.483 e. The Hall–Kier alpha value is -5.54. The molecule has 0 amide bonds. The molecule has 1 aliphatic heterocycles. The number of ether oxygens (including phenoxy) is 1. The predicted octanol–water partition coefficient (Wildman–Crippen LogP) is 11.1. The van der Waals surface area contributed by atoms with Gasteiger partial charge in [0.05, 0.1) is 16.6 Å². The Morgan fingerprint density at radius 2 is 1.40 bits per heavy atom. The summed E-state index contributed by atoms with van der Waals surface area (Å²) in [5.74, 6) is 1.42. The van der Waals surface area contributed by atoms with Crippen molar-refractivity contribution in [3.8, 4) is 22.6 Å². The molecule has 5 aromatic carbocycles. The predicted molar refractivity (Wildman–Crippen MR) is 195 cm³/mol. The molecule has 1 aromatic heterocycles. The Bertz CT molecular complexity index is 2210. The van der Waals surface area contributed by atoms with Crippen LogP contribution in [0.5, 0.6) is 5.75 Å². The lowest BCUT2D eigenvalue weighted by atomic mass is 9.76. The van der Waals surface area contributed by atoms with Crippen LogP contribution >= 0.6 is 0 Å². The van der Waals surface area contributed by atoms with Gasteiger partial charge in [-0.15, -0.1) is 0 Å². The van der Waals surface area contributed by atoms with Gasteiger partial charge in [-0.05, 0) is 90.6 Å². The number of benzene rings is 5. The number of rotatable bonds is 5. The molecule has 3 nitrogen and oxygen atoms in total. The minimum Gasteiger partial charge on any atom is -0.483 e. The number of hydrogen-bond acceptors (Lipinski definition) is 2. The fraction of sp³-hybridized carbons (Fsp3) is 0.136. The van der Waals surface area contributed by atoms with Gasteiger partial charge in [-0.2, -0.15) is 0 Å². The third-order valence-electron chi connectivity index (χ3n) is 10.2. The first kappa shape index (κ1) is 27.7. The minimum absolute atomic E-state index is 0.0677. The number of fused-ring (bicyclic) bond motifs is 7. The summed E-state index contributed by atoms with van der Waals surface area (Å²) in [5.41, 5.74) is 11.7. The topological polar surface area (TPSA) is 17.4 Å². The first-order valence-electron chi connectivity index (χ1n) is 16.6. The number of hydrogen-bond donors (Lipinski definition) is 0. The highest BCUT2D eigenvalue weighted by molar-refractivity contribution is 6.07. The molecule has 47 heavy (non-hydrogen) atoms. The van der Waals surface area contributed by atoms with Crippen molar-refractivity contribution in [1.29, 1.82) is 0 Å². The van der Waals surface area contributed by atoms with Gasteiger partial charge >= 0.3 is 0 Å². The summed E-state index contributed by atoms with van der Waals surface area (Å²) in [7, 11) is 0. The molecule has 0 fully saturated rings. The van der Waals surface area contributed by atoms with Crippen molar-refractivity contribution in [2.24, 2.45) is 5.92 Å². The summed E-state index contributed by atoms with van der Waals surface area (Å²) in [6.07, 6.45) is 14.4. The van der Waals surface area contributed by atoms with Crippen molar-refractivity contribution in [2.75, 3.05) is 4.90 Å². The Kier molecular flexibility index (Phi) is 6.36. The maximum atomic E-state index is 7.00. The summed E-state index contributed by atoms with van der Waals surface area (Å²) >= 11 is 0. The van der Waals surface area contributed by atoms with Crippen molar-refractivity contribution < 1.29 is 4.74 Å². The van der Waals surface area contributed by atoms with Gasteiger partial charge in [-0.25, -0.2) is 0 Å². The van der Waals surface area contributed by atoms with Gasteiger partial charge in [0.25, 0.3) is 0 Å². The van der Waals surface area contributed by atoms with Gasteiger partial charge in [-0.3, -0.25) is 0 Å². The molecule has 228 valence electrons. The first-order chi connectivity index (χ1) is 23.1. The molecule has 0 bridgehead atoms.